The predicted molar refractivity (Wildman–Crippen MR) is 85.6 cm³/mol. The van der Waals surface area contributed by atoms with E-state index in [1.54, 1.807) is 18.1 Å². The molecule has 5 nitrogen and oxygen atoms in total. The fourth-order valence-corrected chi connectivity index (χ4v) is 4.70. The van der Waals surface area contributed by atoms with Gasteiger partial charge in [0.25, 0.3) is 0 Å². The van der Waals surface area contributed by atoms with Crippen molar-refractivity contribution < 1.29 is 9.53 Å². The van der Waals surface area contributed by atoms with Crippen LogP contribution >= 0.6 is 23.3 Å². The minimum absolute atomic E-state index is 0.0738. The second kappa shape index (κ2) is 8.10. The van der Waals surface area contributed by atoms with Gasteiger partial charge in [-0.05, 0) is 50.2 Å². The molecule has 1 fully saturated rings. The number of rotatable bonds is 8. The number of likely N-dealkylation sites (N-methyl/N-ethyl adjacent to an activating group) is 1. The Morgan fingerprint density at radius 3 is 3.14 bits per heavy atom. The zero-order valence-corrected chi connectivity index (χ0v) is 14.3. The van der Waals surface area contributed by atoms with Crippen molar-refractivity contribution in [3.8, 4) is 0 Å². The molecule has 1 aliphatic rings. The molecule has 0 aliphatic heterocycles. The minimum atomic E-state index is -0.480. The summed E-state index contributed by atoms with van der Waals surface area (Å²) in [6.07, 6.45) is 5.64. The summed E-state index contributed by atoms with van der Waals surface area (Å²) in [7, 11) is 0. The molecule has 1 aliphatic carbocycles. The van der Waals surface area contributed by atoms with Gasteiger partial charge in [0, 0.05) is 5.75 Å². The van der Waals surface area contributed by atoms with E-state index in [1.165, 1.54) is 11.5 Å². The van der Waals surface area contributed by atoms with Crippen molar-refractivity contribution in [2.24, 2.45) is 5.92 Å². The van der Waals surface area contributed by atoms with Gasteiger partial charge in [0.05, 0.1) is 6.61 Å². The molecule has 0 bridgehead atoms. The van der Waals surface area contributed by atoms with Crippen molar-refractivity contribution in [3.05, 3.63) is 6.33 Å². The summed E-state index contributed by atoms with van der Waals surface area (Å²) < 4.78 is 10.3. The van der Waals surface area contributed by atoms with Gasteiger partial charge in [0.1, 0.15) is 11.9 Å². The molecule has 1 aromatic heterocycles. The van der Waals surface area contributed by atoms with Crippen LogP contribution in [0.1, 0.15) is 39.5 Å². The molecule has 1 aromatic rings. The Morgan fingerprint density at radius 2 is 2.48 bits per heavy atom. The van der Waals surface area contributed by atoms with E-state index in [4.69, 9.17) is 4.74 Å². The highest BCUT2D eigenvalue weighted by atomic mass is 32.2. The molecule has 1 N–H and O–H groups in total. The van der Waals surface area contributed by atoms with Crippen LogP contribution < -0.4 is 5.32 Å². The number of carbonyl (C=O) groups is 1. The van der Waals surface area contributed by atoms with Crippen LogP contribution in [0.3, 0.4) is 0 Å². The quantitative estimate of drug-likeness (QED) is 0.584. The maximum Gasteiger partial charge on any atom is 0.326 e. The van der Waals surface area contributed by atoms with Crippen molar-refractivity contribution >= 4 is 29.3 Å². The Hall–Kier alpha value is -0.660. The minimum Gasteiger partial charge on any atom is -0.465 e. The first kappa shape index (κ1) is 16.7. The summed E-state index contributed by atoms with van der Waals surface area (Å²) in [5.74, 6) is 1.24. The van der Waals surface area contributed by atoms with E-state index in [0.717, 1.165) is 42.3 Å². The van der Waals surface area contributed by atoms with Crippen molar-refractivity contribution in [2.75, 3.05) is 18.9 Å². The Balaban J connectivity index is 1.96. The van der Waals surface area contributed by atoms with Crippen molar-refractivity contribution in [1.82, 2.24) is 14.7 Å². The third kappa shape index (κ3) is 3.96. The van der Waals surface area contributed by atoms with Crippen molar-refractivity contribution in [3.63, 3.8) is 0 Å². The van der Waals surface area contributed by atoms with Crippen LogP contribution in [0.2, 0.25) is 0 Å². The van der Waals surface area contributed by atoms with E-state index >= 15 is 0 Å². The van der Waals surface area contributed by atoms with Gasteiger partial charge in [-0.1, -0.05) is 25.1 Å². The lowest BCUT2D eigenvalue weighted by molar-refractivity contribution is -0.153. The van der Waals surface area contributed by atoms with Gasteiger partial charge in [-0.2, -0.15) is 4.37 Å². The third-order valence-corrected chi connectivity index (χ3v) is 5.82. The molecule has 118 valence electrons. The van der Waals surface area contributed by atoms with E-state index in [1.807, 2.05) is 13.8 Å². The van der Waals surface area contributed by atoms with Crippen LogP contribution in [-0.4, -0.2) is 39.8 Å². The Kier molecular flexibility index (Phi) is 6.44. The molecule has 0 spiro atoms. The van der Waals surface area contributed by atoms with Crippen molar-refractivity contribution in [1.29, 1.82) is 0 Å². The first-order chi connectivity index (χ1) is 10.2. The number of nitrogens with zero attached hydrogens (tertiary/aromatic N) is 2. The average Bonchev–Trinajstić information content (AvgIpc) is 3.11. The third-order valence-electron chi connectivity index (χ3n) is 3.99. The Morgan fingerprint density at radius 1 is 1.62 bits per heavy atom. The van der Waals surface area contributed by atoms with E-state index in [9.17, 15) is 4.79 Å². The van der Waals surface area contributed by atoms with Crippen LogP contribution in [0.4, 0.5) is 0 Å². The number of esters is 1. The summed E-state index contributed by atoms with van der Waals surface area (Å²) in [6.45, 7) is 5.15. The molecule has 0 amide bonds. The summed E-state index contributed by atoms with van der Waals surface area (Å²) >= 11 is 3.15. The number of thioether (sulfide) groups is 1. The van der Waals surface area contributed by atoms with E-state index < -0.39 is 5.54 Å². The molecule has 1 heterocycles. The first-order valence-corrected chi connectivity index (χ1v) is 9.30. The van der Waals surface area contributed by atoms with Crippen LogP contribution in [0.5, 0.6) is 0 Å². The fourth-order valence-electron chi connectivity index (χ4n) is 3.13. The van der Waals surface area contributed by atoms with Gasteiger partial charge >= 0.3 is 5.97 Å². The molecule has 2 atom stereocenters. The Bertz CT molecular complexity index is 441. The fraction of sp³-hybridized carbons (Fsp3) is 0.786. The highest BCUT2D eigenvalue weighted by Crippen LogP contribution is 2.40. The normalized spacial score (nSPS) is 25.1. The van der Waals surface area contributed by atoms with Gasteiger partial charge < -0.3 is 10.1 Å². The second-order valence-corrected chi connectivity index (χ2v) is 7.28. The molecule has 21 heavy (non-hydrogen) atoms. The lowest BCUT2D eigenvalue weighted by Crippen LogP contribution is -2.55. The van der Waals surface area contributed by atoms with E-state index in [2.05, 4.69) is 14.7 Å². The van der Waals surface area contributed by atoms with Gasteiger partial charge in [-0.25, -0.2) is 4.98 Å². The Labute approximate surface area is 134 Å². The van der Waals surface area contributed by atoms with Gasteiger partial charge in [0.15, 0.2) is 4.34 Å². The maximum absolute atomic E-state index is 12.4. The van der Waals surface area contributed by atoms with Gasteiger partial charge in [-0.3, -0.25) is 4.79 Å². The topological polar surface area (TPSA) is 64.1 Å². The maximum atomic E-state index is 12.4. The number of nitrogens with one attached hydrogen (secondary N) is 1. The summed E-state index contributed by atoms with van der Waals surface area (Å²) in [5.41, 5.74) is -0.480. The SMILES string of the molecule is CCNC1(C(=O)OCC)CCCC1CCSc1ncns1. The number of ether oxygens (including phenoxy) is 1. The average molecular weight is 329 g/mol. The molecule has 0 saturated heterocycles. The first-order valence-electron chi connectivity index (χ1n) is 7.54. The molecule has 2 rings (SSSR count). The smallest absolute Gasteiger partial charge is 0.326 e. The van der Waals surface area contributed by atoms with Crippen LogP contribution in [0.15, 0.2) is 10.7 Å². The predicted octanol–water partition coefficient (Wildman–Crippen LogP) is 2.73. The molecule has 1 saturated carbocycles. The zero-order chi connectivity index (χ0) is 15.1. The standard InChI is InChI=1S/C14H23N3O2S2/c1-3-16-14(12(18)19-4-2)8-5-6-11(14)7-9-20-13-15-10-17-21-13/h10-11,16H,3-9H2,1-2H3. The highest BCUT2D eigenvalue weighted by Gasteiger charge is 2.49. The van der Waals surface area contributed by atoms with E-state index in [-0.39, 0.29) is 5.97 Å². The van der Waals surface area contributed by atoms with Crippen LogP contribution in [-0.2, 0) is 9.53 Å². The number of hydrogen-bond donors (Lipinski definition) is 1. The summed E-state index contributed by atoms with van der Waals surface area (Å²) in [6, 6.07) is 0. The monoisotopic (exact) mass is 329 g/mol. The lowest BCUT2D eigenvalue weighted by atomic mass is 9.85. The van der Waals surface area contributed by atoms with Crippen molar-refractivity contribution in [2.45, 2.75) is 49.4 Å². The largest absolute Gasteiger partial charge is 0.465 e. The molecule has 7 heteroatoms. The van der Waals surface area contributed by atoms with Crippen LogP contribution in [0, 0.1) is 5.92 Å². The van der Waals surface area contributed by atoms with E-state index in [0.29, 0.717) is 12.5 Å². The molecule has 0 aromatic carbocycles. The lowest BCUT2D eigenvalue weighted by Gasteiger charge is -2.34. The number of carbonyl (C=O) groups excluding carboxylic acids is 1. The molecular formula is C14H23N3O2S2. The summed E-state index contributed by atoms with van der Waals surface area (Å²) in [5, 5.41) is 3.43. The number of hydrogen-bond acceptors (Lipinski definition) is 7. The summed E-state index contributed by atoms with van der Waals surface area (Å²) in [4.78, 5) is 16.6. The van der Waals surface area contributed by atoms with Gasteiger partial charge in [0.2, 0.25) is 0 Å². The molecular weight excluding hydrogens is 306 g/mol. The number of aromatic nitrogens is 2. The van der Waals surface area contributed by atoms with Crippen LogP contribution in [0.25, 0.3) is 0 Å². The molecule has 2 unspecified atom stereocenters. The zero-order valence-electron chi connectivity index (χ0n) is 12.6. The second-order valence-electron chi connectivity index (χ2n) is 5.16. The highest BCUT2D eigenvalue weighted by molar-refractivity contribution is 8.00. The van der Waals surface area contributed by atoms with Gasteiger partial charge in [-0.15, -0.1) is 0 Å². The molecule has 0 radical (unpaired) electrons.